The van der Waals surface area contributed by atoms with Gasteiger partial charge in [-0.15, -0.1) is 0 Å². The molecule has 1 N–H and O–H groups in total. The Hall–Kier alpha value is -3.31. The fraction of sp³-hybridized carbons (Fsp3) is 0.208. The number of hydrogen-bond donors (Lipinski definition) is 1. The lowest BCUT2D eigenvalue weighted by atomic mass is 10.0. The zero-order valence-corrected chi connectivity index (χ0v) is 19.9. The minimum Gasteiger partial charge on any atom is -0.486 e. The van der Waals surface area contributed by atoms with Crippen LogP contribution in [0.2, 0.25) is 5.02 Å². The molecule has 0 aliphatic carbocycles. The number of fused-ring (bicyclic) bond motifs is 1. The molecule has 36 heavy (non-hydrogen) atoms. The minimum absolute atomic E-state index is 0.0291. The number of alkyl halides is 3. The molecule has 3 aromatic rings. The van der Waals surface area contributed by atoms with Crippen LogP contribution in [0.5, 0.6) is 5.75 Å². The standard InChI is InChI=1S/C24H18ClF4NO5S/c25-19-10-14(4-7-20(19)26)15-5-8-22-21(11-15)30(13-17(35-22)6-9-23(31)32)36(33,34)18-3-1-2-16(12-18)24(27,28)29/h1-5,7-8,10-12,17H,6,9,13H2,(H,31,32)/t17-/m0/s1. The van der Waals surface area contributed by atoms with Crippen LogP contribution >= 0.6 is 11.6 Å². The second-order valence-electron chi connectivity index (χ2n) is 8.05. The molecule has 0 saturated heterocycles. The minimum atomic E-state index is -4.76. The van der Waals surface area contributed by atoms with Crippen molar-refractivity contribution < 1.29 is 40.6 Å². The normalized spacial score (nSPS) is 15.8. The van der Waals surface area contributed by atoms with Gasteiger partial charge in [-0.1, -0.05) is 29.8 Å². The predicted molar refractivity (Wildman–Crippen MR) is 124 cm³/mol. The molecule has 0 saturated carbocycles. The largest absolute Gasteiger partial charge is 0.486 e. The molecule has 4 rings (SSSR count). The summed E-state index contributed by atoms with van der Waals surface area (Å²) in [6, 6.07) is 11.8. The number of anilines is 1. The maximum atomic E-state index is 13.6. The topological polar surface area (TPSA) is 83.9 Å². The number of carboxylic acid groups (broad SMARTS) is 1. The van der Waals surface area contributed by atoms with E-state index in [0.29, 0.717) is 17.2 Å². The molecule has 1 heterocycles. The first-order valence-electron chi connectivity index (χ1n) is 10.5. The van der Waals surface area contributed by atoms with Gasteiger partial charge in [-0.2, -0.15) is 13.2 Å². The summed E-state index contributed by atoms with van der Waals surface area (Å²) in [7, 11) is -4.52. The number of halogens is 5. The number of benzene rings is 3. The Balaban J connectivity index is 1.81. The number of sulfonamides is 1. The van der Waals surface area contributed by atoms with E-state index >= 15 is 0 Å². The van der Waals surface area contributed by atoms with Gasteiger partial charge in [0.25, 0.3) is 10.0 Å². The lowest BCUT2D eigenvalue weighted by Crippen LogP contribution is -2.43. The van der Waals surface area contributed by atoms with E-state index in [2.05, 4.69) is 0 Å². The fourth-order valence-corrected chi connectivity index (χ4v) is 5.52. The molecule has 1 atom stereocenters. The summed E-state index contributed by atoms with van der Waals surface area (Å²) in [5.74, 6) is -1.65. The van der Waals surface area contributed by atoms with Gasteiger partial charge in [-0.3, -0.25) is 9.10 Å². The first-order chi connectivity index (χ1) is 16.9. The van der Waals surface area contributed by atoms with Crippen LogP contribution in [0, 0.1) is 5.82 Å². The van der Waals surface area contributed by atoms with Gasteiger partial charge in [0.15, 0.2) is 0 Å². The van der Waals surface area contributed by atoms with Crippen LogP contribution in [-0.2, 0) is 21.0 Å². The highest BCUT2D eigenvalue weighted by Crippen LogP contribution is 2.41. The average molecular weight is 544 g/mol. The second-order valence-corrected chi connectivity index (χ2v) is 10.3. The highest BCUT2D eigenvalue weighted by atomic mass is 35.5. The smallest absolute Gasteiger partial charge is 0.416 e. The van der Waals surface area contributed by atoms with Gasteiger partial charge in [0.2, 0.25) is 0 Å². The lowest BCUT2D eigenvalue weighted by molar-refractivity contribution is -0.138. The van der Waals surface area contributed by atoms with E-state index in [1.807, 2.05) is 0 Å². The fourth-order valence-electron chi connectivity index (χ4n) is 3.79. The molecule has 0 spiro atoms. The maximum Gasteiger partial charge on any atom is 0.416 e. The van der Waals surface area contributed by atoms with E-state index in [-0.39, 0.29) is 35.8 Å². The Morgan fingerprint density at radius 1 is 1.08 bits per heavy atom. The highest BCUT2D eigenvalue weighted by molar-refractivity contribution is 7.92. The number of carboxylic acids is 1. The van der Waals surface area contributed by atoms with E-state index in [1.54, 1.807) is 6.07 Å². The SMILES string of the molecule is O=C(O)CC[C@H]1CN(S(=O)(=O)c2cccc(C(F)(F)F)c2)c2cc(-c3ccc(F)c(Cl)c3)ccc2O1. The quantitative estimate of drug-likeness (QED) is 0.386. The van der Waals surface area contributed by atoms with Crippen molar-refractivity contribution in [2.45, 2.75) is 30.0 Å². The average Bonchev–Trinajstić information content (AvgIpc) is 2.83. The molecule has 0 fully saturated rings. The molecule has 12 heteroatoms. The second kappa shape index (κ2) is 9.62. The van der Waals surface area contributed by atoms with Gasteiger partial charge >= 0.3 is 12.1 Å². The third-order valence-electron chi connectivity index (χ3n) is 5.57. The molecule has 1 aliphatic heterocycles. The first kappa shape index (κ1) is 25.8. The van der Waals surface area contributed by atoms with E-state index < -0.39 is 44.5 Å². The number of aliphatic carboxylic acids is 1. The number of carbonyl (C=O) groups is 1. The highest BCUT2D eigenvalue weighted by Gasteiger charge is 2.37. The van der Waals surface area contributed by atoms with Crippen LogP contribution < -0.4 is 9.04 Å². The summed E-state index contributed by atoms with van der Waals surface area (Å²) in [5, 5.41) is 8.87. The van der Waals surface area contributed by atoms with Crippen LogP contribution in [0.25, 0.3) is 11.1 Å². The number of nitrogens with zero attached hydrogens (tertiary/aromatic N) is 1. The van der Waals surface area contributed by atoms with Crippen LogP contribution in [0.3, 0.4) is 0 Å². The van der Waals surface area contributed by atoms with Crippen molar-refractivity contribution in [1.29, 1.82) is 0 Å². The molecule has 190 valence electrons. The predicted octanol–water partition coefficient (Wildman–Crippen LogP) is 5.99. The van der Waals surface area contributed by atoms with Crippen LogP contribution in [0.15, 0.2) is 65.6 Å². The third-order valence-corrected chi connectivity index (χ3v) is 7.64. The summed E-state index contributed by atoms with van der Waals surface area (Å²) in [6.07, 6.45) is -5.95. The number of hydrogen-bond acceptors (Lipinski definition) is 4. The van der Waals surface area contributed by atoms with Gasteiger partial charge in [0.1, 0.15) is 17.7 Å². The Morgan fingerprint density at radius 2 is 1.78 bits per heavy atom. The molecule has 0 radical (unpaired) electrons. The van der Waals surface area contributed by atoms with E-state index in [9.17, 15) is 30.8 Å². The van der Waals surface area contributed by atoms with Gasteiger partial charge in [-0.05, 0) is 60.0 Å². The molecule has 0 aromatic heterocycles. The molecular weight excluding hydrogens is 526 g/mol. The zero-order chi connectivity index (χ0) is 26.3. The lowest BCUT2D eigenvalue weighted by Gasteiger charge is -2.36. The maximum absolute atomic E-state index is 13.6. The molecule has 0 unspecified atom stereocenters. The zero-order valence-electron chi connectivity index (χ0n) is 18.3. The van der Waals surface area contributed by atoms with E-state index in [0.717, 1.165) is 28.6 Å². The molecule has 1 aliphatic rings. The summed E-state index contributed by atoms with van der Waals surface area (Å²) >= 11 is 5.87. The Kier molecular flexibility index (Phi) is 6.89. The van der Waals surface area contributed by atoms with Crippen LogP contribution in [0.1, 0.15) is 18.4 Å². The molecule has 3 aromatic carbocycles. The summed E-state index contributed by atoms with van der Waals surface area (Å²) < 4.78 is 87.3. The van der Waals surface area contributed by atoms with Crippen molar-refractivity contribution in [3.8, 4) is 16.9 Å². The Morgan fingerprint density at radius 3 is 2.44 bits per heavy atom. The third kappa shape index (κ3) is 5.26. The number of ether oxygens (including phenoxy) is 1. The van der Waals surface area contributed by atoms with Gasteiger partial charge in [0.05, 0.1) is 27.7 Å². The van der Waals surface area contributed by atoms with Gasteiger partial charge in [-0.25, -0.2) is 12.8 Å². The van der Waals surface area contributed by atoms with Crippen LogP contribution in [0.4, 0.5) is 23.2 Å². The summed E-state index contributed by atoms with van der Waals surface area (Å²) in [5.41, 5.74) is -0.174. The number of rotatable bonds is 6. The van der Waals surface area contributed by atoms with Crippen molar-refractivity contribution in [3.05, 3.63) is 77.1 Å². The Bertz CT molecular complexity index is 1430. The van der Waals surface area contributed by atoms with Gasteiger partial charge in [0, 0.05) is 6.42 Å². The molecule has 0 bridgehead atoms. The first-order valence-corrected chi connectivity index (χ1v) is 12.4. The van der Waals surface area contributed by atoms with E-state index in [4.69, 9.17) is 21.4 Å². The summed E-state index contributed by atoms with van der Waals surface area (Å²) in [4.78, 5) is 10.5. The van der Waals surface area contributed by atoms with Crippen molar-refractivity contribution in [3.63, 3.8) is 0 Å². The van der Waals surface area contributed by atoms with Crippen molar-refractivity contribution in [1.82, 2.24) is 0 Å². The monoisotopic (exact) mass is 543 g/mol. The Labute approximate surface area is 208 Å². The van der Waals surface area contributed by atoms with Crippen molar-refractivity contribution in [2.75, 3.05) is 10.8 Å². The van der Waals surface area contributed by atoms with E-state index in [1.165, 1.54) is 24.3 Å². The van der Waals surface area contributed by atoms with Gasteiger partial charge < -0.3 is 9.84 Å². The molecule has 6 nitrogen and oxygen atoms in total. The molecular formula is C24H18ClF4NO5S. The van der Waals surface area contributed by atoms with Crippen molar-refractivity contribution >= 4 is 33.3 Å². The summed E-state index contributed by atoms with van der Waals surface area (Å²) in [6.45, 7) is -0.327. The van der Waals surface area contributed by atoms with Crippen molar-refractivity contribution in [2.24, 2.45) is 0 Å². The molecule has 0 amide bonds. The van der Waals surface area contributed by atoms with Crippen LogP contribution in [-0.4, -0.2) is 32.1 Å².